The predicted octanol–water partition coefficient (Wildman–Crippen LogP) is 6.27. The molecule has 0 saturated heterocycles. The average molecular weight is 447 g/mol. The molecule has 0 spiro atoms. The maximum atomic E-state index is 13.9. The zero-order chi connectivity index (χ0) is 22.7. The Balaban J connectivity index is 1.32. The number of rotatable bonds is 6. The predicted molar refractivity (Wildman–Crippen MR) is 110 cm³/mol. The van der Waals surface area contributed by atoms with Gasteiger partial charge in [0.05, 0.1) is 18.2 Å². The van der Waals surface area contributed by atoms with E-state index in [9.17, 15) is 22.0 Å². The van der Waals surface area contributed by atoms with Gasteiger partial charge in [-0.05, 0) is 47.5 Å². The molecule has 3 aromatic carbocycles. The normalized spacial score (nSPS) is 15.9. The Bertz CT molecular complexity index is 1090. The minimum absolute atomic E-state index is 0.0495. The summed E-state index contributed by atoms with van der Waals surface area (Å²) >= 11 is 0. The van der Waals surface area contributed by atoms with Gasteiger partial charge >= 0.3 is 6.18 Å². The lowest BCUT2D eigenvalue weighted by Gasteiger charge is -2.10. The summed E-state index contributed by atoms with van der Waals surface area (Å²) in [4.78, 5) is 4.24. The van der Waals surface area contributed by atoms with Gasteiger partial charge in [0.25, 0.3) is 0 Å². The first-order chi connectivity index (χ1) is 15.3. The van der Waals surface area contributed by atoms with Crippen LogP contribution in [-0.2, 0) is 10.9 Å². The van der Waals surface area contributed by atoms with Crippen molar-refractivity contribution in [2.24, 2.45) is 4.99 Å². The van der Waals surface area contributed by atoms with E-state index in [1.54, 1.807) is 24.3 Å². The monoisotopic (exact) mass is 447 g/mol. The van der Waals surface area contributed by atoms with Crippen molar-refractivity contribution >= 4 is 5.90 Å². The zero-order valence-electron chi connectivity index (χ0n) is 16.7. The largest absolute Gasteiger partial charge is 0.494 e. The summed E-state index contributed by atoms with van der Waals surface area (Å²) in [5.41, 5.74) is 0.460. The molecule has 1 heterocycles. The van der Waals surface area contributed by atoms with E-state index in [4.69, 9.17) is 9.47 Å². The molecule has 0 saturated carbocycles. The Morgan fingerprint density at radius 1 is 0.875 bits per heavy atom. The summed E-state index contributed by atoms with van der Waals surface area (Å²) in [6.07, 6.45) is -3.88. The third kappa shape index (κ3) is 4.90. The van der Waals surface area contributed by atoms with E-state index >= 15 is 0 Å². The van der Waals surface area contributed by atoms with Gasteiger partial charge in [-0.25, -0.2) is 13.8 Å². The number of ether oxygens (including phenoxy) is 2. The van der Waals surface area contributed by atoms with E-state index in [0.717, 1.165) is 29.8 Å². The molecule has 1 atom stereocenters. The minimum Gasteiger partial charge on any atom is -0.494 e. The van der Waals surface area contributed by atoms with Crippen LogP contribution in [0, 0.1) is 11.6 Å². The summed E-state index contributed by atoms with van der Waals surface area (Å²) in [6.45, 7) is 0.517. The third-order valence-corrected chi connectivity index (χ3v) is 5.01. The van der Waals surface area contributed by atoms with E-state index < -0.39 is 23.4 Å². The van der Waals surface area contributed by atoms with Gasteiger partial charge < -0.3 is 9.47 Å². The second-order valence-electron chi connectivity index (χ2n) is 7.23. The highest BCUT2D eigenvalue weighted by atomic mass is 19.4. The fraction of sp³-hybridized carbons (Fsp3) is 0.208. The number of alkyl halides is 3. The van der Waals surface area contributed by atoms with Crippen LogP contribution in [0.5, 0.6) is 5.75 Å². The molecule has 0 amide bonds. The average Bonchev–Trinajstić information content (AvgIpc) is 3.22. The van der Waals surface area contributed by atoms with Crippen molar-refractivity contribution in [3.8, 4) is 16.9 Å². The third-order valence-electron chi connectivity index (χ3n) is 5.01. The van der Waals surface area contributed by atoms with Crippen LogP contribution in [0.2, 0.25) is 0 Å². The molecule has 8 heteroatoms. The highest BCUT2D eigenvalue weighted by Gasteiger charge is 2.30. The van der Waals surface area contributed by atoms with Crippen LogP contribution < -0.4 is 4.74 Å². The van der Waals surface area contributed by atoms with Gasteiger partial charge in [0.2, 0.25) is 5.90 Å². The number of nitrogens with zero attached hydrogens (tertiary/aromatic N) is 1. The van der Waals surface area contributed by atoms with Gasteiger partial charge in [0.15, 0.2) is 0 Å². The molecular weight excluding hydrogens is 429 g/mol. The van der Waals surface area contributed by atoms with Crippen molar-refractivity contribution in [1.82, 2.24) is 0 Å². The maximum absolute atomic E-state index is 13.9. The van der Waals surface area contributed by atoms with Gasteiger partial charge in [-0.3, -0.25) is 0 Å². The van der Waals surface area contributed by atoms with Gasteiger partial charge in [-0.1, -0.05) is 30.3 Å². The highest BCUT2D eigenvalue weighted by molar-refractivity contribution is 5.95. The van der Waals surface area contributed by atoms with E-state index in [2.05, 4.69) is 4.99 Å². The van der Waals surface area contributed by atoms with E-state index in [0.29, 0.717) is 24.3 Å². The van der Waals surface area contributed by atoms with E-state index in [1.807, 2.05) is 0 Å². The van der Waals surface area contributed by atoms with E-state index in [-0.39, 0.29) is 24.1 Å². The lowest BCUT2D eigenvalue weighted by atomic mass is 10.0. The topological polar surface area (TPSA) is 30.8 Å². The first-order valence-corrected chi connectivity index (χ1v) is 9.87. The number of aliphatic imine (C=N–C) groups is 1. The van der Waals surface area contributed by atoms with Crippen molar-refractivity contribution in [2.45, 2.75) is 18.6 Å². The quantitative estimate of drug-likeness (QED) is 0.418. The highest BCUT2D eigenvalue weighted by Crippen LogP contribution is 2.31. The van der Waals surface area contributed by atoms with Gasteiger partial charge in [0, 0.05) is 6.42 Å². The lowest BCUT2D eigenvalue weighted by Crippen LogP contribution is -2.11. The number of halogens is 5. The molecule has 1 unspecified atom stereocenters. The zero-order valence-corrected chi connectivity index (χ0v) is 16.7. The molecule has 1 aliphatic rings. The molecular formula is C24H18F5NO2. The molecule has 4 rings (SSSR count). The maximum Gasteiger partial charge on any atom is 0.416 e. The molecule has 0 N–H and O–H groups in total. The summed E-state index contributed by atoms with van der Waals surface area (Å²) in [5.74, 6) is -0.919. The van der Waals surface area contributed by atoms with Crippen LogP contribution in [0.1, 0.15) is 17.5 Å². The van der Waals surface area contributed by atoms with Gasteiger partial charge in [-0.15, -0.1) is 0 Å². The first-order valence-electron chi connectivity index (χ1n) is 9.87. The van der Waals surface area contributed by atoms with Crippen molar-refractivity contribution in [3.05, 3.63) is 89.5 Å². The molecule has 3 aromatic rings. The smallest absolute Gasteiger partial charge is 0.416 e. The number of hydrogen-bond acceptors (Lipinski definition) is 3. The number of hydrogen-bond donors (Lipinski definition) is 0. The second-order valence-corrected chi connectivity index (χ2v) is 7.23. The molecule has 1 aliphatic heterocycles. The molecule has 0 fully saturated rings. The Morgan fingerprint density at radius 3 is 2.06 bits per heavy atom. The van der Waals surface area contributed by atoms with Crippen molar-refractivity contribution in [1.29, 1.82) is 0 Å². The van der Waals surface area contributed by atoms with Crippen LogP contribution >= 0.6 is 0 Å². The molecule has 32 heavy (non-hydrogen) atoms. The SMILES string of the molecule is Fc1cccc(F)c1C1=NC(CCOc2ccc(-c3ccc(C(F)(F)F)cc3)cc2)CO1. The summed E-state index contributed by atoms with van der Waals surface area (Å²) in [5, 5.41) is 0. The fourth-order valence-electron chi connectivity index (χ4n) is 3.31. The fourth-order valence-corrected chi connectivity index (χ4v) is 3.31. The summed E-state index contributed by atoms with van der Waals surface area (Å²) < 4.78 is 76.8. The van der Waals surface area contributed by atoms with Crippen LogP contribution in [0.3, 0.4) is 0 Å². The van der Waals surface area contributed by atoms with Crippen molar-refractivity contribution in [2.75, 3.05) is 13.2 Å². The molecule has 0 aliphatic carbocycles. The molecule has 0 aromatic heterocycles. The van der Waals surface area contributed by atoms with Crippen molar-refractivity contribution < 1.29 is 31.4 Å². The van der Waals surface area contributed by atoms with Gasteiger partial charge in [0.1, 0.15) is 29.6 Å². The molecule has 0 radical (unpaired) electrons. The van der Waals surface area contributed by atoms with Gasteiger partial charge in [-0.2, -0.15) is 13.2 Å². The van der Waals surface area contributed by atoms with E-state index in [1.165, 1.54) is 18.2 Å². The Kier molecular flexibility index (Phi) is 6.12. The van der Waals surface area contributed by atoms with Crippen LogP contribution in [0.25, 0.3) is 11.1 Å². The Morgan fingerprint density at radius 2 is 1.47 bits per heavy atom. The molecule has 166 valence electrons. The van der Waals surface area contributed by atoms with Crippen LogP contribution in [0.4, 0.5) is 22.0 Å². The van der Waals surface area contributed by atoms with Crippen LogP contribution in [-0.4, -0.2) is 25.2 Å². The summed E-state index contributed by atoms with van der Waals surface area (Å²) in [6, 6.07) is 15.2. The Labute approximate surface area is 181 Å². The second kappa shape index (κ2) is 8.98. The molecule has 0 bridgehead atoms. The Hall–Kier alpha value is -3.42. The standard InChI is InChI=1S/C24H18F5NO2/c25-20-2-1-3-21(26)22(20)23-30-18(14-32-23)12-13-31-19-10-6-16(7-11-19)15-4-8-17(9-5-15)24(27,28)29/h1-11,18H,12-14H2. The molecule has 3 nitrogen and oxygen atoms in total. The van der Waals surface area contributed by atoms with Crippen LogP contribution in [0.15, 0.2) is 71.7 Å². The number of benzene rings is 3. The summed E-state index contributed by atoms with van der Waals surface area (Å²) in [7, 11) is 0. The first kappa shape index (κ1) is 21.8. The van der Waals surface area contributed by atoms with Crippen molar-refractivity contribution in [3.63, 3.8) is 0 Å². The minimum atomic E-state index is -4.37. The lowest BCUT2D eigenvalue weighted by molar-refractivity contribution is -0.137.